The predicted octanol–water partition coefficient (Wildman–Crippen LogP) is -2.09. The maximum Gasteiger partial charge on any atom is 0.305 e. The lowest BCUT2D eigenvalue weighted by molar-refractivity contribution is -0.140. The van der Waals surface area contributed by atoms with Gasteiger partial charge in [-0.1, -0.05) is 20.3 Å². The summed E-state index contributed by atoms with van der Waals surface area (Å²) in [6.07, 6.45) is -2.44. The van der Waals surface area contributed by atoms with Gasteiger partial charge in [-0.3, -0.25) is 28.8 Å². The lowest BCUT2D eigenvalue weighted by Crippen LogP contribution is -2.60. The second-order valence-electron chi connectivity index (χ2n) is 8.13. The van der Waals surface area contributed by atoms with Gasteiger partial charge < -0.3 is 41.4 Å². The van der Waals surface area contributed by atoms with Crippen LogP contribution in [0.5, 0.6) is 0 Å². The number of carbonyl (C=O) groups excluding carboxylic acids is 5. The Morgan fingerprint density at radius 3 is 1.83 bits per heavy atom. The van der Waals surface area contributed by atoms with Crippen molar-refractivity contribution in [2.75, 3.05) is 0 Å². The summed E-state index contributed by atoms with van der Waals surface area (Å²) in [5, 5.41) is 36.9. The molecule has 0 rings (SSSR count). The van der Waals surface area contributed by atoms with Gasteiger partial charge in [0.1, 0.15) is 24.4 Å². The topological polar surface area (TPSA) is 228 Å². The van der Waals surface area contributed by atoms with Gasteiger partial charge in [0.2, 0.25) is 23.6 Å². The summed E-state index contributed by atoms with van der Waals surface area (Å²) >= 11 is 0. The first-order chi connectivity index (χ1) is 16.2. The number of carbonyl (C=O) groups is 7. The number of hydrogen-bond donors (Lipinski definition) is 7. The summed E-state index contributed by atoms with van der Waals surface area (Å²) in [5.74, 6) is -6.27. The van der Waals surface area contributed by atoms with Gasteiger partial charge in [0.05, 0.1) is 18.6 Å². The van der Waals surface area contributed by atoms with Crippen molar-refractivity contribution in [1.29, 1.82) is 0 Å². The first kappa shape index (κ1) is 31.4. The molecule has 0 aromatic carbocycles. The van der Waals surface area contributed by atoms with Crippen LogP contribution in [0, 0.1) is 5.92 Å². The fourth-order valence-electron chi connectivity index (χ4n) is 2.97. The zero-order chi connectivity index (χ0) is 27.3. The quantitative estimate of drug-likeness (QED) is 0.114. The highest BCUT2D eigenvalue weighted by molar-refractivity contribution is 5.95. The van der Waals surface area contributed by atoms with Gasteiger partial charge in [-0.25, -0.2) is 0 Å². The number of rotatable bonds is 16. The van der Waals surface area contributed by atoms with E-state index in [0.717, 1.165) is 6.92 Å². The lowest BCUT2D eigenvalue weighted by atomic mass is 9.97. The molecule has 6 atom stereocenters. The lowest BCUT2D eigenvalue weighted by Gasteiger charge is -2.28. The third-order valence-corrected chi connectivity index (χ3v) is 5.08. The zero-order valence-corrected chi connectivity index (χ0v) is 20.1. The van der Waals surface area contributed by atoms with Crippen molar-refractivity contribution in [3.8, 4) is 0 Å². The number of carboxylic acid groups (broad SMARTS) is 2. The Bertz CT molecular complexity index is 801. The van der Waals surface area contributed by atoms with Crippen LogP contribution >= 0.6 is 0 Å². The van der Waals surface area contributed by atoms with E-state index in [2.05, 4.69) is 21.3 Å². The number of carboxylic acids is 2. The van der Waals surface area contributed by atoms with Crippen molar-refractivity contribution < 1.29 is 48.9 Å². The minimum Gasteiger partial charge on any atom is -0.481 e. The van der Waals surface area contributed by atoms with Crippen LogP contribution in [0.1, 0.15) is 53.4 Å². The molecule has 0 radical (unpaired) electrons. The van der Waals surface area contributed by atoms with E-state index in [1.54, 1.807) is 13.8 Å². The molecular formula is C21H34N4O10. The van der Waals surface area contributed by atoms with Crippen LogP contribution in [0.25, 0.3) is 0 Å². The molecule has 0 saturated carbocycles. The molecule has 0 heterocycles. The summed E-state index contributed by atoms with van der Waals surface area (Å²) in [4.78, 5) is 82.5. The average Bonchev–Trinajstić information content (AvgIpc) is 2.76. The number of aliphatic carboxylic acids is 2. The van der Waals surface area contributed by atoms with E-state index in [0.29, 0.717) is 6.42 Å². The van der Waals surface area contributed by atoms with Crippen molar-refractivity contribution in [2.24, 2.45) is 5.92 Å². The van der Waals surface area contributed by atoms with Crippen LogP contribution < -0.4 is 21.3 Å². The Morgan fingerprint density at radius 2 is 1.40 bits per heavy atom. The van der Waals surface area contributed by atoms with E-state index in [1.807, 2.05) is 0 Å². The van der Waals surface area contributed by atoms with Crippen LogP contribution in [0.4, 0.5) is 0 Å². The Morgan fingerprint density at radius 1 is 0.829 bits per heavy atom. The first-order valence-electron chi connectivity index (χ1n) is 11.0. The van der Waals surface area contributed by atoms with E-state index in [9.17, 15) is 38.7 Å². The van der Waals surface area contributed by atoms with E-state index in [-0.39, 0.29) is 18.6 Å². The highest BCUT2D eigenvalue weighted by atomic mass is 16.4. The van der Waals surface area contributed by atoms with Gasteiger partial charge in [-0.2, -0.15) is 0 Å². The number of aliphatic hydroxyl groups excluding tert-OH is 1. The summed E-state index contributed by atoms with van der Waals surface area (Å²) < 4.78 is 0. The minimum absolute atomic E-state index is 0.180. The number of nitrogens with one attached hydrogen (secondary N) is 4. The number of amides is 4. The molecule has 0 aromatic rings. The summed E-state index contributed by atoms with van der Waals surface area (Å²) in [7, 11) is 0. The van der Waals surface area contributed by atoms with E-state index in [4.69, 9.17) is 10.2 Å². The molecule has 0 spiro atoms. The molecule has 0 aliphatic rings. The maximum atomic E-state index is 12.9. The van der Waals surface area contributed by atoms with Gasteiger partial charge in [-0.05, 0) is 19.3 Å². The fraction of sp³-hybridized carbons (Fsp3) is 0.667. The Balaban J connectivity index is 5.69. The molecule has 0 saturated heterocycles. The second kappa shape index (κ2) is 15.4. The largest absolute Gasteiger partial charge is 0.481 e. The smallest absolute Gasteiger partial charge is 0.305 e. The van der Waals surface area contributed by atoms with Crippen molar-refractivity contribution in [2.45, 2.75) is 83.6 Å². The van der Waals surface area contributed by atoms with Crippen molar-refractivity contribution in [3.05, 3.63) is 0 Å². The molecule has 0 aliphatic carbocycles. The normalized spacial score (nSPS) is 15.8. The number of aliphatic hydroxyl groups is 1. The number of aldehydes is 1. The molecule has 198 valence electrons. The molecule has 0 aliphatic heterocycles. The third kappa shape index (κ3) is 11.9. The van der Waals surface area contributed by atoms with Crippen LogP contribution in [-0.4, -0.2) is 87.4 Å². The molecular weight excluding hydrogens is 468 g/mol. The molecule has 0 fully saturated rings. The molecule has 7 N–H and O–H groups in total. The molecule has 4 amide bonds. The molecule has 14 nitrogen and oxygen atoms in total. The molecule has 35 heavy (non-hydrogen) atoms. The molecule has 0 bridgehead atoms. The summed E-state index contributed by atoms with van der Waals surface area (Å²) in [5.41, 5.74) is 0. The highest BCUT2D eigenvalue weighted by Crippen LogP contribution is 2.10. The minimum atomic E-state index is -1.65. The number of hydrogen-bond acceptors (Lipinski definition) is 8. The third-order valence-electron chi connectivity index (χ3n) is 5.08. The van der Waals surface area contributed by atoms with Gasteiger partial charge in [-0.15, -0.1) is 0 Å². The van der Waals surface area contributed by atoms with Gasteiger partial charge in [0, 0.05) is 13.3 Å². The fourth-order valence-corrected chi connectivity index (χ4v) is 2.97. The Hall–Kier alpha value is -3.55. The van der Waals surface area contributed by atoms with Crippen LogP contribution in [0.3, 0.4) is 0 Å². The van der Waals surface area contributed by atoms with Gasteiger partial charge in [0.25, 0.3) is 0 Å². The molecule has 0 unspecified atom stereocenters. The highest BCUT2D eigenvalue weighted by Gasteiger charge is 2.33. The van der Waals surface area contributed by atoms with Crippen molar-refractivity contribution in [3.63, 3.8) is 0 Å². The summed E-state index contributed by atoms with van der Waals surface area (Å²) in [6.45, 7) is 5.84. The van der Waals surface area contributed by atoms with Crippen molar-refractivity contribution >= 4 is 41.9 Å². The monoisotopic (exact) mass is 502 g/mol. The van der Waals surface area contributed by atoms with Crippen LogP contribution in [0.2, 0.25) is 0 Å². The standard InChI is InChI=1S/C21H34N4O10/c1-5-10(2)17(22-12(4)28)20(34)24-14(6-7-15(29)30)19(33)25-18(11(3)27)21(35)23-13(9-26)8-16(31)32/h9-11,13-14,17-18,27H,5-8H2,1-4H3,(H,22,28)(H,23,35)(H,24,34)(H,25,33)(H,29,30)(H,31,32)/t10-,11+,13-,14+,17-,18-/m0/s1. The summed E-state index contributed by atoms with van der Waals surface area (Å²) in [6, 6.07) is -5.54. The van der Waals surface area contributed by atoms with Gasteiger partial charge in [0.15, 0.2) is 0 Å². The van der Waals surface area contributed by atoms with Gasteiger partial charge >= 0.3 is 11.9 Å². The predicted molar refractivity (Wildman–Crippen MR) is 120 cm³/mol. The van der Waals surface area contributed by atoms with Crippen LogP contribution in [-0.2, 0) is 33.6 Å². The SMILES string of the molecule is CC[C@H](C)[C@H](NC(C)=O)C(=O)N[C@H](CCC(=O)O)C(=O)N[C@H](C(=O)N[C@H](C=O)CC(=O)O)[C@@H](C)O. The van der Waals surface area contributed by atoms with E-state index >= 15 is 0 Å². The molecule has 14 heteroatoms. The van der Waals surface area contributed by atoms with E-state index < -0.39 is 78.7 Å². The Kier molecular flexibility index (Phi) is 13.8. The molecule has 0 aromatic heterocycles. The Labute approximate surface area is 202 Å². The second-order valence-corrected chi connectivity index (χ2v) is 8.13. The average molecular weight is 503 g/mol. The van der Waals surface area contributed by atoms with Crippen molar-refractivity contribution in [1.82, 2.24) is 21.3 Å². The zero-order valence-electron chi connectivity index (χ0n) is 20.1. The van der Waals surface area contributed by atoms with Crippen LogP contribution in [0.15, 0.2) is 0 Å². The maximum absolute atomic E-state index is 12.9. The van der Waals surface area contributed by atoms with E-state index in [1.165, 1.54) is 6.92 Å². The first-order valence-corrected chi connectivity index (χ1v) is 11.0.